The van der Waals surface area contributed by atoms with Crippen molar-refractivity contribution in [3.8, 4) is 11.5 Å². The first-order chi connectivity index (χ1) is 20.0. The Morgan fingerprint density at radius 2 is 1.51 bits per heavy atom. The molecule has 43 heavy (non-hydrogen) atoms. The molecule has 1 amide bonds. The summed E-state index contributed by atoms with van der Waals surface area (Å²) >= 11 is 0. The number of nitrogens with zero attached hydrogens (tertiary/aromatic N) is 1. The molecule has 1 heterocycles. The van der Waals surface area contributed by atoms with Crippen LogP contribution in [0.4, 0.5) is 26.3 Å². The van der Waals surface area contributed by atoms with E-state index >= 15 is 0 Å². The van der Waals surface area contributed by atoms with Gasteiger partial charge in [0, 0.05) is 18.5 Å². The van der Waals surface area contributed by atoms with Crippen LogP contribution in [0.5, 0.6) is 11.5 Å². The third-order valence-corrected chi connectivity index (χ3v) is 7.81. The Balaban J connectivity index is 2.01. The van der Waals surface area contributed by atoms with E-state index in [0.717, 1.165) is 6.26 Å². The maximum absolute atomic E-state index is 13.5. The number of carbonyl (C=O) groups is 1. The highest BCUT2D eigenvalue weighted by Gasteiger charge is 2.40. The summed E-state index contributed by atoms with van der Waals surface area (Å²) in [7, 11) is -3.79. The second-order valence-corrected chi connectivity index (χ2v) is 12.1. The number of halogens is 6. The molecule has 1 aliphatic heterocycles. The Hall–Kier alpha value is -3.00. The van der Waals surface area contributed by atoms with Crippen molar-refractivity contribution in [2.45, 2.75) is 63.7 Å². The second kappa shape index (κ2) is 13.7. The largest absolute Gasteiger partial charge is 0.490 e. The summed E-state index contributed by atoms with van der Waals surface area (Å²) in [6, 6.07) is 6.38. The van der Waals surface area contributed by atoms with Crippen LogP contribution < -0.4 is 9.47 Å². The molecule has 7 nitrogen and oxygen atoms in total. The van der Waals surface area contributed by atoms with Crippen LogP contribution in [-0.4, -0.2) is 58.4 Å². The molecule has 0 aliphatic carbocycles. The lowest BCUT2D eigenvalue weighted by Gasteiger charge is -2.37. The second-order valence-electron chi connectivity index (χ2n) is 10.4. The van der Waals surface area contributed by atoms with Crippen LogP contribution >= 0.6 is 0 Å². The Kier molecular flexibility index (Phi) is 11.0. The van der Waals surface area contributed by atoms with Gasteiger partial charge in [0.25, 0.3) is 10.1 Å². The lowest BCUT2D eigenvalue weighted by atomic mass is 9.74. The molecule has 0 saturated carbocycles. The Labute approximate surface area is 247 Å². The van der Waals surface area contributed by atoms with Crippen molar-refractivity contribution < 1.29 is 53.2 Å². The minimum atomic E-state index is -5.04. The molecule has 0 unspecified atom stereocenters. The zero-order valence-electron chi connectivity index (χ0n) is 24.1. The van der Waals surface area contributed by atoms with Gasteiger partial charge >= 0.3 is 12.4 Å². The minimum absolute atomic E-state index is 0.0224. The SMILES string of the molecule is CCOc1ccc([C@@]2(CCOS(C)(=O)=O)CCCCN(C(=O)Cc3cc(C(F)(F)F)cc(C(F)(F)F)c3)C2)cc1OCC. The van der Waals surface area contributed by atoms with Gasteiger partial charge in [-0.1, -0.05) is 12.5 Å². The van der Waals surface area contributed by atoms with Crippen molar-refractivity contribution in [2.24, 2.45) is 0 Å². The van der Waals surface area contributed by atoms with Gasteiger partial charge < -0.3 is 14.4 Å². The van der Waals surface area contributed by atoms with E-state index in [1.54, 1.807) is 25.1 Å². The van der Waals surface area contributed by atoms with Crippen LogP contribution in [-0.2, 0) is 43.3 Å². The molecule has 0 aromatic heterocycles. The summed E-state index contributed by atoms with van der Waals surface area (Å²) in [4.78, 5) is 14.9. The van der Waals surface area contributed by atoms with Crippen molar-refractivity contribution in [3.63, 3.8) is 0 Å². The fourth-order valence-electron chi connectivity index (χ4n) is 5.26. The smallest absolute Gasteiger partial charge is 0.416 e. The van der Waals surface area contributed by atoms with E-state index in [1.165, 1.54) is 4.90 Å². The van der Waals surface area contributed by atoms with Crippen LogP contribution in [0, 0.1) is 0 Å². The maximum Gasteiger partial charge on any atom is 0.416 e. The van der Waals surface area contributed by atoms with Crippen LogP contribution in [0.15, 0.2) is 36.4 Å². The van der Waals surface area contributed by atoms with Crippen molar-refractivity contribution in [3.05, 3.63) is 58.7 Å². The van der Waals surface area contributed by atoms with Gasteiger partial charge in [0.2, 0.25) is 5.91 Å². The topological polar surface area (TPSA) is 82.1 Å². The summed E-state index contributed by atoms with van der Waals surface area (Å²) in [5.41, 5.74) is -3.56. The van der Waals surface area contributed by atoms with Crippen LogP contribution in [0.1, 0.15) is 61.8 Å². The summed E-state index contributed by atoms with van der Waals surface area (Å²) in [5, 5.41) is 0. The quantitative estimate of drug-likeness (QED) is 0.210. The molecule has 0 bridgehead atoms. The van der Waals surface area contributed by atoms with E-state index in [2.05, 4.69) is 0 Å². The molecule has 0 N–H and O–H groups in total. The lowest BCUT2D eigenvalue weighted by Crippen LogP contribution is -2.44. The van der Waals surface area contributed by atoms with Gasteiger partial charge in [-0.05, 0) is 74.6 Å². The van der Waals surface area contributed by atoms with E-state index in [1.807, 2.05) is 6.92 Å². The third-order valence-electron chi connectivity index (χ3n) is 7.22. The van der Waals surface area contributed by atoms with Gasteiger partial charge in [-0.2, -0.15) is 34.8 Å². The molecule has 3 rings (SSSR count). The molecule has 1 fully saturated rings. The summed E-state index contributed by atoms with van der Waals surface area (Å²) in [6.45, 7) is 4.35. The molecular formula is C29H35F6NO6S. The number of benzene rings is 2. The van der Waals surface area contributed by atoms with Crippen molar-refractivity contribution >= 4 is 16.0 Å². The Morgan fingerprint density at radius 3 is 2.07 bits per heavy atom. The first-order valence-corrected chi connectivity index (χ1v) is 15.6. The van der Waals surface area contributed by atoms with E-state index < -0.39 is 56.9 Å². The van der Waals surface area contributed by atoms with E-state index in [9.17, 15) is 39.6 Å². The van der Waals surface area contributed by atoms with Gasteiger partial charge in [0.15, 0.2) is 11.5 Å². The van der Waals surface area contributed by atoms with E-state index in [0.29, 0.717) is 61.7 Å². The molecule has 1 aliphatic rings. The summed E-state index contributed by atoms with van der Waals surface area (Å²) < 4.78 is 120. The molecule has 2 aromatic carbocycles. The summed E-state index contributed by atoms with van der Waals surface area (Å²) in [5.74, 6) is 0.275. The zero-order valence-corrected chi connectivity index (χ0v) is 24.9. The summed E-state index contributed by atoms with van der Waals surface area (Å²) in [6.07, 6.45) is -8.05. The van der Waals surface area contributed by atoms with Crippen LogP contribution in [0.25, 0.3) is 0 Å². The fraction of sp³-hybridized carbons (Fsp3) is 0.552. The predicted octanol–water partition coefficient (Wildman–Crippen LogP) is 6.38. The minimum Gasteiger partial charge on any atom is -0.490 e. The maximum atomic E-state index is 13.5. The Bertz CT molecular complexity index is 1350. The molecular weight excluding hydrogens is 604 g/mol. The molecule has 14 heteroatoms. The number of amides is 1. The highest BCUT2D eigenvalue weighted by atomic mass is 32.2. The number of alkyl halides is 6. The fourth-order valence-corrected chi connectivity index (χ4v) is 5.65. The number of rotatable bonds is 11. The number of hydrogen-bond acceptors (Lipinski definition) is 6. The third kappa shape index (κ3) is 9.49. The van der Waals surface area contributed by atoms with Gasteiger partial charge in [0.05, 0.1) is 43.6 Å². The molecule has 1 atom stereocenters. The number of hydrogen-bond donors (Lipinski definition) is 0. The average molecular weight is 640 g/mol. The van der Waals surface area contributed by atoms with Crippen molar-refractivity contribution in [1.29, 1.82) is 0 Å². The number of likely N-dealkylation sites (tertiary alicyclic amines) is 1. The van der Waals surface area contributed by atoms with E-state index in [4.69, 9.17) is 13.7 Å². The van der Waals surface area contributed by atoms with E-state index in [-0.39, 0.29) is 32.2 Å². The van der Waals surface area contributed by atoms with Crippen LogP contribution in [0.3, 0.4) is 0 Å². The number of ether oxygens (including phenoxy) is 2. The monoisotopic (exact) mass is 639 g/mol. The number of carbonyl (C=O) groups excluding carboxylic acids is 1. The standard InChI is InChI=1S/C29H35F6NO6S/c1-4-40-24-9-8-21(18-25(24)41-5-2)27(11-13-42-43(3,38)39)10-6-7-12-36(19-27)26(37)16-20-14-22(28(30,31)32)17-23(15-20)29(33,34)35/h8-9,14-15,17-18H,4-7,10-13,16,19H2,1-3H3/t27-/m1/s1. The normalized spacial score (nSPS) is 18.3. The molecule has 2 aromatic rings. The zero-order chi connectivity index (χ0) is 32.1. The molecule has 240 valence electrons. The lowest BCUT2D eigenvalue weighted by molar-refractivity contribution is -0.143. The highest BCUT2D eigenvalue weighted by Crippen LogP contribution is 2.41. The van der Waals surface area contributed by atoms with Gasteiger partial charge in [-0.3, -0.25) is 8.98 Å². The predicted molar refractivity (Wildman–Crippen MR) is 146 cm³/mol. The highest BCUT2D eigenvalue weighted by molar-refractivity contribution is 7.85. The molecule has 0 spiro atoms. The van der Waals surface area contributed by atoms with Gasteiger partial charge in [-0.25, -0.2) is 0 Å². The van der Waals surface area contributed by atoms with Gasteiger partial charge in [0.1, 0.15) is 0 Å². The first-order valence-electron chi connectivity index (χ1n) is 13.8. The van der Waals surface area contributed by atoms with Gasteiger partial charge in [-0.15, -0.1) is 0 Å². The average Bonchev–Trinajstić information content (AvgIpc) is 3.12. The molecule has 1 saturated heterocycles. The molecule has 0 radical (unpaired) electrons. The van der Waals surface area contributed by atoms with Crippen LogP contribution in [0.2, 0.25) is 0 Å². The first kappa shape index (κ1) is 34.5. The van der Waals surface area contributed by atoms with Crippen molar-refractivity contribution in [2.75, 3.05) is 39.2 Å². The Morgan fingerprint density at radius 1 is 0.907 bits per heavy atom. The van der Waals surface area contributed by atoms with Crippen molar-refractivity contribution in [1.82, 2.24) is 4.90 Å².